The summed E-state index contributed by atoms with van der Waals surface area (Å²) in [7, 11) is 0. The van der Waals surface area contributed by atoms with Gasteiger partial charge in [-0.2, -0.15) is 0 Å². The summed E-state index contributed by atoms with van der Waals surface area (Å²) in [5, 5.41) is 3.79. The predicted octanol–water partition coefficient (Wildman–Crippen LogP) is 3.95. The first-order valence-corrected chi connectivity index (χ1v) is 8.86. The highest BCUT2D eigenvalue weighted by molar-refractivity contribution is 4.90. The molecule has 19 heavy (non-hydrogen) atoms. The lowest BCUT2D eigenvalue weighted by Crippen LogP contribution is -2.53. The summed E-state index contributed by atoms with van der Waals surface area (Å²) in [6.45, 7) is 7.02. The highest BCUT2D eigenvalue weighted by atomic mass is 15.2. The molecule has 2 aliphatic rings. The van der Waals surface area contributed by atoms with Crippen LogP contribution in [0.4, 0.5) is 0 Å². The van der Waals surface area contributed by atoms with Crippen LogP contribution < -0.4 is 5.32 Å². The SMILES string of the molecule is CCNC1CCCCCC1N(CC)C1CCCCC1. The molecule has 0 aromatic carbocycles. The van der Waals surface area contributed by atoms with Crippen LogP contribution in [0.5, 0.6) is 0 Å². The molecule has 0 bridgehead atoms. The van der Waals surface area contributed by atoms with Gasteiger partial charge in [-0.3, -0.25) is 4.90 Å². The molecular weight excluding hydrogens is 232 g/mol. The summed E-state index contributed by atoms with van der Waals surface area (Å²) in [6, 6.07) is 2.42. The van der Waals surface area contributed by atoms with Crippen LogP contribution in [0, 0.1) is 0 Å². The molecule has 1 N–H and O–H groups in total. The molecule has 2 nitrogen and oxygen atoms in total. The van der Waals surface area contributed by atoms with Crippen molar-refractivity contribution < 1.29 is 0 Å². The first-order valence-electron chi connectivity index (χ1n) is 8.86. The van der Waals surface area contributed by atoms with Crippen LogP contribution >= 0.6 is 0 Å². The third kappa shape index (κ3) is 4.19. The zero-order valence-electron chi connectivity index (χ0n) is 13.2. The average Bonchev–Trinajstić information content (AvgIpc) is 2.68. The van der Waals surface area contributed by atoms with Crippen LogP contribution in [0.3, 0.4) is 0 Å². The van der Waals surface area contributed by atoms with E-state index in [1.807, 2.05) is 0 Å². The average molecular weight is 266 g/mol. The maximum atomic E-state index is 3.79. The Hall–Kier alpha value is -0.0800. The van der Waals surface area contributed by atoms with Crippen molar-refractivity contribution in [3.8, 4) is 0 Å². The molecule has 0 aromatic rings. The smallest absolute Gasteiger partial charge is 0.0252 e. The summed E-state index contributed by atoms with van der Waals surface area (Å²) in [5.41, 5.74) is 0. The second-order valence-electron chi connectivity index (χ2n) is 6.49. The van der Waals surface area contributed by atoms with Gasteiger partial charge in [-0.1, -0.05) is 52.4 Å². The van der Waals surface area contributed by atoms with Crippen LogP contribution in [0.1, 0.15) is 78.1 Å². The monoisotopic (exact) mass is 266 g/mol. The summed E-state index contributed by atoms with van der Waals surface area (Å²) in [4.78, 5) is 2.87. The van der Waals surface area contributed by atoms with E-state index in [-0.39, 0.29) is 0 Å². The van der Waals surface area contributed by atoms with E-state index in [0.29, 0.717) is 0 Å². The van der Waals surface area contributed by atoms with E-state index in [0.717, 1.165) is 24.7 Å². The lowest BCUT2D eigenvalue weighted by Gasteiger charge is -2.42. The van der Waals surface area contributed by atoms with Gasteiger partial charge in [0.25, 0.3) is 0 Å². The molecule has 2 atom stereocenters. The number of rotatable bonds is 5. The van der Waals surface area contributed by atoms with E-state index in [1.54, 1.807) is 0 Å². The molecule has 2 rings (SSSR count). The maximum Gasteiger partial charge on any atom is 0.0252 e. The van der Waals surface area contributed by atoms with Gasteiger partial charge in [0.2, 0.25) is 0 Å². The molecule has 2 saturated carbocycles. The molecule has 0 saturated heterocycles. The molecule has 2 fully saturated rings. The molecule has 2 unspecified atom stereocenters. The van der Waals surface area contributed by atoms with Gasteiger partial charge in [0.15, 0.2) is 0 Å². The fraction of sp³-hybridized carbons (Fsp3) is 1.00. The number of likely N-dealkylation sites (N-methyl/N-ethyl adjacent to an activating group) is 2. The Kier molecular flexibility index (Phi) is 6.66. The molecule has 0 aromatic heterocycles. The summed E-state index contributed by atoms with van der Waals surface area (Å²) >= 11 is 0. The van der Waals surface area contributed by atoms with Crippen molar-refractivity contribution in [2.75, 3.05) is 13.1 Å². The standard InChI is InChI=1S/C17H34N2/c1-3-18-16-13-9-6-10-14-17(16)19(4-2)15-11-7-5-8-12-15/h15-18H,3-14H2,1-2H3. The molecule has 0 heterocycles. The summed E-state index contributed by atoms with van der Waals surface area (Å²) < 4.78 is 0. The van der Waals surface area contributed by atoms with Crippen LogP contribution in [0.25, 0.3) is 0 Å². The first kappa shape index (κ1) is 15.3. The minimum atomic E-state index is 0.745. The lowest BCUT2D eigenvalue weighted by molar-refractivity contribution is 0.0818. The summed E-state index contributed by atoms with van der Waals surface area (Å²) in [6.07, 6.45) is 14.4. The van der Waals surface area contributed by atoms with E-state index in [2.05, 4.69) is 24.1 Å². The Morgan fingerprint density at radius 2 is 1.47 bits per heavy atom. The minimum Gasteiger partial charge on any atom is -0.313 e. The third-order valence-corrected chi connectivity index (χ3v) is 5.28. The van der Waals surface area contributed by atoms with Crippen LogP contribution in [0.15, 0.2) is 0 Å². The molecule has 0 spiro atoms. The second kappa shape index (κ2) is 8.26. The topological polar surface area (TPSA) is 15.3 Å². The summed E-state index contributed by atoms with van der Waals surface area (Å²) in [5.74, 6) is 0. The number of hydrogen-bond donors (Lipinski definition) is 1. The first-order chi connectivity index (χ1) is 9.36. The quantitative estimate of drug-likeness (QED) is 0.758. The minimum absolute atomic E-state index is 0.745. The van der Waals surface area contributed by atoms with Gasteiger partial charge in [0, 0.05) is 18.1 Å². The molecule has 112 valence electrons. The Labute approximate surface area is 120 Å². The van der Waals surface area contributed by atoms with Gasteiger partial charge in [0.05, 0.1) is 0 Å². The van der Waals surface area contributed by atoms with Gasteiger partial charge < -0.3 is 5.32 Å². The van der Waals surface area contributed by atoms with Crippen molar-refractivity contribution in [1.82, 2.24) is 10.2 Å². The van der Waals surface area contributed by atoms with Crippen LogP contribution in [-0.4, -0.2) is 36.1 Å². The van der Waals surface area contributed by atoms with Crippen molar-refractivity contribution >= 4 is 0 Å². The highest BCUT2D eigenvalue weighted by Gasteiger charge is 2.32. The van der Waals surface area contributed by atoms with E-state index in [4.69, 9.17) is 0 Å². The maximum absolute atomic E-state index is 3.79. The predicted molar refractivity (Wildman–Crippen MR) is 83.6 cm³/mol. The van der Waals surface area contributed by atoms with Crippen molar-refractivity contribution in [1.29, 1.82) is 0 Å². The molecule has 2 aliphatic carbocycles. The molecule has 0 amide bonds. The lowest BCUT2D eigenvalue weighted by atomic mass is 9.90. The van der Waals surface area contributed by atoms with Crippen molar-refractivity contribution in [3.63, 3.8) is 0 Å². The zero-order valence-corrected chi connectivity index (χ0v) is 13.2. The Balaban J connectivity index is 2.03. The van der Waals surface area contributed by atoms with Crippen LogP contribution in [-0.2, 0) is 0 Å². The Morgan fingerprint density at radius 3 is 2.11 bits per heavy atom. The van der Waals surface area contributed by atoms with Crippen molar-refractivity contribution in [2.24, 2.45) is 0 Å². The van der Waals surface area contributed by atoms with Gasteiger partial charge in [-0.25, -0.2) is 0 Å². The second-order valence-corrected chi connectivity index (χ2v) is 6.49. The van der Waals surface area contributed by atoms with E-state index in [9.17, 15) is 0 Å². The number of nitrogens with one attached hydrogen (secondary N) is 1. The number of nitrogens with zero attached hydrogens (tertiary/aromatic N) is 1. The Bertz CT molecular complexity index is 235. The van der Waals surface area contributed by atoms with Gasteiger partial charge in [-0.05, 0) is 38.8 Å². The van der Waals surface area contributed by atoms with Crippen molar-refractivity contribution in [3.05, 3.63) is 0 Å². The zero-order chi connectivity index (χ0) is 13.5. The van der Waals surface area contributed by atoms with E-state index in [1.165, 1.54) is 70.8 Å². The number of hydrogen-bond acceptors (Lipinski definition) is 2. The van der Waals surface area contributed by atoms with E-state index < -0.39 is 0 Å². The molecule has 2 heteroatoms. The van der Waals surface area contributed by atoms with Crippen molar-refractivity contribution in [2.45, 2.75) is 96.2 Å². The molecular formula is C17H34N2. The normalized spacial score (nSPS) is 30.5. The van der Waals surface area contributed by atoms with Gasteiger partial charge >= 0.3 is 0 Å². The molecule has 0 aliphatic heterocycles. The largest absolute Gasteiger partial charge is 0.313 e. The third-order valence-electron chi connectivity index (χ3n) is 5.28. The van der Waals surface area contributed by atoms with E-state index >= 15 is 0 Å². The fourth-order valence-corrected chi connectivity index (χ4v) is 4.36. The molecule has 0 radical (unpaired) electrons. The Morgan fingerprint density at radius 1 is 0.842 bits per heavy atom. The highest BCUT2D eigenvalue weighted by Crippen LogP contribution is 2.29. The van der Waals surface area contributed by atoms with Gasteiger partial charge in [0.1, 0.15) is 0 Å². The van der Waals surface area contributed by atoms with Crippen LogP contribution in [0.2, 0.25) is 0 Å². The fourth-order valence-electron chi connectivity index (χ4n) is 4.36. The van der Waals surface area contributed by atoms with Gasteiger partial charge in [-0.15, -0.1) is 0 Å².